The van der Waals surface area contributed by atoms with Gasteiger partial charge in [-0.3, -0.25) is 4.98 Å². The summed E-state index contributed by atoms with van der Waals surface area (Å²) in [6, 6.07) is 6.01. The van der Waals surface area contributed by atoms with Crippen LogP contribution in [0, 0.1) is 13.8 Å². The lowest BCUT2D eigenvalue weighted by Crippen LogP contribution is -2.28. The summed E-state index contributed by atoms with van der Waals surface area (Å²) in [7, 11) is 0. The van der Waals surface area contributed by atoms with Gasteiger partial charge in [0.1, 0.15) is 17.8 Å². The highest BCUT2D eigenvalue weighted by atomic mass is 15.1. The first-order chi connectivity index (χ1) is 12.7. The molecule has 0 atom stereocenters. The van der Waals surface area contributed by atoms with Crippen LogP contribution < -0.4 is 5.32 Å². The molecule has 3 rings (SSSR count). The van der Waals surface area contributed by atoms with Gasteiger partial charge in [-0.25, -0.2) is 9.97 Å². The summed E-state index contributed by atoms with van der Waals surface area (Å²) in [4.78, 5) is 15.9. The van der Waals surface area contributed by atoms with Crippen molar-refractivity contribution in [3.63, 3.8) is 0 Å². The molecule has 0 amide bonds. The van der Waals surface area contributed by atoms with Crippen LogP contribution in [0.15, 0.2) is 30.7 Å². The molecule has 6 heteroatoms. The van der Waals surface area contributed by atoms with E-state index in [2.05, 4.69) is 57.4 Å². The first-order valence-corrected chi connectivity index (χ1v) is 9.32. The van der Waals surface area contributed by atoms with Crippen molar-refractivity contribution in [2.45, 2.75) is 34.2 Å². The third-order valence-corrected chi connectivity index (χ3v) is 5.07. The van der Waals surface area contributed by atoms with E-state index in [-0.39, 0.29) is 0 Å². The molecule has 0 saturated carbocycles. The van der Waals surface area contributed by atoms with E-state index in [1.807, 2.05) is 24.4 Å². The van der Waals surface area contributed by atoms with E-state index in [0.717, 1.165) is 48.7 Å². The zero-order valence-electron chi connectivity index (χ0n) is 16.2. The molecule has 26 heavy (non-hydrogen) atoms. The van der Waals surface area contributed by atoms with Crippen LogP contribution in [0.25, 0.3) is 11.0 Å². The van der Waals surface area contributed by atoms with Gasteiger partial charge in [-0.2, -0.15) is 0 Å². The maximum atomic E-state index is 4.57. The van der Waals surface area contributed by atoms with Crippen molar-refractivity contribution < 1.29 is 0 Å². The maximum absolute atomic E-state index is 4.57. The molecule has 0 aliphatic carbocycles. The number of aryl methyl sites for hydroxylation is 1. The van der Waals surface area contributed by atoms with Crippen molar-refractivity contribution in [1.82, 2.24) is 24.4 Å². The Kier molecular flexibility index (Phi) is 5.83. The van der Waals surface area contributed by atoms with Crippen molar-refractivity contribution >= 4 is 16.9 Å². The van der Waals surface area contributed by atoms with Crippen LogP contribution in [0.2, 0.25) is 0 Å². The zero-order valence-corrected chi connectivity index (χ0v) is 16.2. The Balaban J connectivity index is 1.89. The molecule has 0 radical (unpaired) electrons. The molecule has 0 spiro atoms. The molecule has 0 aliphatic heterocycles. The summed E-state index contributed by atoms with van der Waals surface area (Å²) in [6.07, 6.45) is 3.48. The molecule has 0 bridgehead atoms. The Morgan fingerprint density at radius 3 is 2.58 bits per heavy atom. The Morgan fingerprint density at radius 2 is 1.88 bits per heavy atom. The SMILES string of the molecule is CCN(CC)CCNc1ncnc2c1c(C)c(C)n2Cc1ccccn1. The highest BCUT2D eigenvalue weighted by molar-refractivity contribution is 5.91. The van der Waals surface area contributed by atoms with E-state index in [4.69, 9.17) is 0 Å². The number of nitrogens with one attached hydrogen (secondary N) is 1. The summed E-state index contributed by atoms with van der Waals surface area (Å²) < 4.78 is 2.23. The van der Waals surface area contributed by atoms with Gasteiger partial charge in [-0.05, 0) is 44.6 Å². The van der Waals surface area contributed by atoms with Gasteiger partial charge in [0.2, 0.25) is 0 Å². The Hall–Kier alpha value is -2.47. The number of likely N-dealkylation sites (N-methyl/N-ethyl adjacent to an activating group) is 1. The molecule has 0 aliphatic rings. The van der Waals surface area contributed by atoms with Crippen molar-refractivity contribution in [3.05, 3.63) is 47.7 Å². The lowest BCUT2D eigenvalue weighted by Gasteiger charge is -2.18. The van der Waals surface area contributed by atoms with Gasteiger partial charge in [-0.1, -0.05) is 19.9 Å². The number of hydrogen-bond donors (Lipinski definition) is 1. The Labute approximate surface area is 155 Å². The smallest absolute Gasteiger partial charge is 0.146 e. The molecule has 138 valence electrons. The number of pyridine rings is 1. The molecule has 0 aromatic carbocycles. The average Bonchev–Trinajstić information content (AvgIpc) is 2.92. The first kappa shape index (κ1) is 18.3. The Morgan fingerprint density at radius 1 is 1.08 bits per heavy atom. The van der Waals surface area contributed by atoms with Crippen LogP contribution in [0.4, 0.5) is 5.82 Å². The number of aromatic nitrogens is 4. The van der Waals surface area contributed by atoms with Gasteiger partial charge in [0.25, 0.3) is 0 Å². The summed E-state index contributed by atoms with van der Waals surface area (Å²) in [6.45, 7) is 13.4. The normalized spacial score (nSPS) is 11.4. The number of hydrogen-bond acceptors (Lipinski definition) is 5. The van der Waals surface area contributed by atoms with Crippen LogP contribution >= 0.6 is 0 Å². The van der Waals surface area contributed by atoms with Gasteiger partial charge in [0.05, 0.1) is 17.6 Å². The van der Waals surface area contributed by atoms with Crippen LogP contribution in [0.5, 0.6) is 0 Å². The minimum Gasteiger partial charge on any atom is -0.368 e. The van der Waals surface area contributed by atoms with Gasteiger partial charge < -0.3 is 14.8 Å². The highest BCUT2D eigenvalue weighted by Gasteiger charge is 2.16. The topological polar surface area (TPSA) is 58.9 Å². The van der Waals surface area contributed by atoms with E-state index in [1.165, 1.54) is 11.3 Å². The number of rotatable bonds is 8. The molecule has 3 heterocycles. The molecule has 6 nitrogen and oxygen atoms in total. The fraction of sp³-hybridized carbons (Fsp3) is 0.450. The number of anilines is 1. The van der Waals surface area contributed by atoms with Gasteiger partial charge in [0.15, 0.2) is 0 Å². The molecule has 0 unspecified atom stereocenters. The Bertz CT molecular complexity index is 852. The predicted octanol–water partition coefficient (Wildman–Crippen LogP) is 3.25. The van der Waals surface area contributed by atoms with Crippen LogP contribution in [0.1, 0.15) is 30.8 Å². The van der Waals surface area contributed by atoms with E-state index in [0.29, 0.717) is 6.54 Å². The van der Waals surface area contributed by atoms with Crippen molar-refractivity contribution in [1.29, 1.82) is 0 Å². The van der Waals surface area contributed by atoms with Crippen LogP contribution in [-0.2, 0) is 6.54 Å². The molecular formula is C20H28N6. The molecule has 3 aromatic rings. The first-order valence-electron chi connectivity index (χ1n) is 9.32. The van der Waals surface area contributed by atoms with E-state index in [1.54, 1.807) is 6.33 Å². The van der Waals surface area contributed by atoms with E-state index >= 15 is 0 Å². The van der Waals surface area contributed by atoms with Crippen molar-refractivity contribution in [2.75, 3.05) is 31.5 Å². The molecule has 3 aromatic heterocycles. The molecule has 0 saturated heterocycles. The van der Waals surface area contributed by atoms with Crippen LogP contribution in [-0.4, -0.2) is 50.6 Å². The minimum atomic E-state index is 0.715. The van der Waals surface area contributed by atoms with E-state index < -0.39 is 0 Å². The summed E-state index contributed by atoms with van der Waals surface area (Å²) >= 11 is 0. The van der Waals surface area contributed by atoms with E-state index in [9.17, 15) is 0 Å². The fourth-order valence-electron chi connectivity index (χ4n) is 3.32. The zero-order chi connectivity index (χ0) is 18.5. The van der Waals surface area contributed by atoms with Crippen LogP contribution in [0.3, 0.4) is 0 Å². The van der Waals surface area contributed by atoms with Gasteiger partial charge >= 0.3 is 0 Å². The van der Waals surface area contributed by atoms with Crippen molar-refractivity contribution in [2.24, 2.45) is 0 Å². The third-order valence-electron chi connectivity index (χ3n) is 5.07. The second-order valence-corrected chi connectivity index (χ2v) is 6.49. The third kappa shape index (κ3) is 3.70. The van der Waals surface area contributed by atoms with Crippen molar-refractivity contribution in [3.8, 4) is 0 Å². The fourth-order valence-corrected chi connectivity index (χ4v) is 3.32. The second kappa shape index (κ2) is 8.27. The predicted molar refractivity (Wildman–Crippen MR) is 107 cm³/mol. The monoisotopic (exact) mass is 352 g/mol. The summed E-state index contributed by atoms with van der Waals surface area (Å²) in [5, 5.41) is 4.62. The van der Waals surface area contributed by atoms with Gasteiger partial charge in [-0.15, -0.1) is 0 Å². The maximum Gasteiger partial charge on any atom is 0.146 e. The number of fused-ring (bicyclic) bond motifs is 1. The average molecular weight is 352 g/mol. The lowest BCUT2D eigenvalue weighted by atomic mass is 10.2. The largest absolute Gasteiger partial charge is 0.368 e. The summed E-state index contributed by atoms with van der Waals surface area (Å²) in [5.41, 5.74) is 4.42. The van der Waals surface area contributed by atoms with Gasteiger partial charge in [0, 0.05) is 25.0 Å². The minimum absolute atomic E-state index is 0.715. The molecular weight excluding hydrogens is 324 g/mol. The highest BCUT2D eigenvalue weighted by Crippen LogP contribution is 2.29. The second-order valence-electron chi connectivity index (χ2n) is 6.49. The number of nitrogens with zero attached hydrogens (tertiary/aromatic N) is 5. The summed E-state index contributed by atoms with van der Waals surface area (Å²) in [5.74, 6) is 0.919. The molecule has 0 fully saturated rings. The molecule has 1 N–H and O–H groups in total. The lowest BCUT2D eigenvalue weighted by molar-refractivity contribution is 0.316. The quantitative estimate of drug-likeness (QED) is 0.674. The standard InChI is InChI=1S/C20H28N6/c1-5-25(6-2)12-11-22-19-18-15(3)16(4)26(20(18)24-14-23-19)13-17-9-7-8-10-21-17/h7-10,14H,5-6,11-13H2,1-4H3,(H,22,23,24).